The summed E-state index contributed by atoms with van der Waals surface area (Å²) < 4.78 is 0. The van der Waals surface area contributed by atoms with E-state index in [-0.39, 0.29) is 11.8 Å². The molecule has 0 radical (unpaired) electrons. The van der Waals surface area contributed by atoms with Crippen molar-refractivity contribution in [2.24, 2.45) is 23.5 Å². The molecule has 0 aliphatic heterocycles. The van der Waals surface area contributed by atoms with E-state index >= 15 is 0 Å². The number of carbonyl (C=O) groups is 1. The van der Waals surface area contributed by atoms with Crippen LogP contribution in [0, 0.1) is 17.8 Å². The van der Waals surface area contributed by atoms with Crippen LogP contribution in [0.4, 0.5) is 0 Å². The second kappa shape index (κ2) is 8.57. The van der Waals surface area contributed by atoms with Crippen LogP contribution in [-0.4, -0.2) is 19.0 Å². The molecule has 16 heavy (non-hydrogen) atoms. The maximum atomic E-state index is 11.8. The number of rotatable bonds is 8. The van der Waals surface area contributed by atoms with Gasteiger partial charge in [-0.05, 0) is 31.1 Å². The predicted molar refractivity (Wildman–Crippen MR) is 69.1 cm³/mol. The van der Waals surface area contributed by atoms with Gasteiger partial charge >= 0.3 is 0 Å². The third kappa shape index (κ3) is 7.69. The molecule has 1 amide bonds. The zero-order valence-electron chi connectivity index (χ0n) is 11.3. The molecule has 3 heteroatoms. The number of hydrogen-bond donors (Lipinski definition) is 2. The maximum absolute atomic E-state index is 11.8. The molecule has 0 aliphatic carbocycles. The van der Waals surface area contributed by atoms with Crippen molar-refractivity contribution < 1.29 is 4.79 Å². The summed E-state index contributed by atoms with van der Waals surface area (Å²) in [5, 5.41) is 2.98. The highest BCUT2D eigenvalue weighted by Crippen LogP contribution is 2.10. The van der Waals surface area contributed by atoms with Crippen molar-refractivity contribution in [2.75, 3.05) is 13.1 Å². The first-order valence-corrected chi connectivity index (χ1v) is 6.45. The summed E-state index contributed by atoms with van der Waals surface area (Å²) in [4.78, 5) is 11.8. The molecule has 1 atom stereocenters. The Kier molecular flexibility index (Phi) is 8.26. The highest BCUT2D eigenvalue weighted by molar-refractivity contribution is 5.78. The summed E-state index contributed by atoms with van der Waals surface area (Å²) >= 11 is 0. The van der Waals surface area contributed by atoms with Gasteiger partial charge in [-0.15, -0.1) is 0 Å². The van der Waals surface area contributed by atoms with Crippen molar-refractivity contribution in [1.29, 1.82) is 0 Å². The number of carbonyl (C=O) groups excluding carboxylic acids is 1. The topological polar surface area (TPSA) is 55.1 Å². The normalized spacial score (nSPS) is 13.2. The minimum atomic E-state index is -0.0148. The van der Waals surface area contributed by atoms with Crippen LogP contribution in [0.1, 0.15) is 47.0 Å². The number of nitrogens with two attached hydrogens (primary N) is 1. The van der Waals surface area contributed by atoms with Crippen LogP contribution in [-0.2, 0) is 4.79 Å². The van der Waals surface area contributed by atoms with Crippen LogP contribution >= 0.6 is 0 Å². The van der Waals surface area contributed by atoms with Crippen LogP contribution in [0.3, 0.4) is 0 Å². The van der Waals surface area contributed by atoms with Crippen molar-refractivity contribution in [3.8, 4) is 0 Å². The molecule has 0 bridgehead atoms. The van der Waals surface area contributed by atoms with E-state index in [1.165, 1.54) is 0 Å². The highest BCUT2D eigenvalue weighted by Gasteiger charge is 2.17. The van der Waals surface area contributed by atoms with Crippen molar-refractivity contribution in [1.82, 2.24) is 5.32 Å². The Morgan fingerprint density at radius 2 is 1.81 bits per heavy atom. The maximum Gasteiger partial charge on any atom is 0.224 e. The molecule has 0 fully saturated rings. The van der Waals surface area contributed by atoms with Gasteiger partial charge in [0, 0.05) is 13.1 Å². The Hall–Kier alpha value is -0.570. The Labute approximate surface area is 100 Å². The number of hydrogen-bond acceptors (Lipinski definition) is 2. The molecule has 0 spiro atoms. The third-order valence-electron chi connectivity index (χ3n) is 2.67. The first kappa shape index (κ1) is 15.4. The molecule has 0 rings (SSSR count). The van der Waals surface area contributed by atoms with Crippen molar-refractivity contribution in [3.63, 3.8) is 0 Å². The van der Waals surface area contributed by atoms with Crippen LogP contribution in [0.5, 0.6) is 0 Å². The molecule has 0 aromatic rings. The molecule has 3 nitrogen and oxygen atoms in total. The molecular weight excluding hydrogens is 200 g/mol. The van der Waals surface area contributed by atoms with Crippen LogP contribution in [0.2, 0.25) is 0 Å². The van der Waals surface area contributed by atoms with Crippen molar-refractivity contribution in [3.05, 3.63) is 0 Å². The van der Waals surface area contributed by atoms with Gasteiger partial charge < -0.3 is 11.1 Å². The Balaban J connectivity index is 3.75. The lowest BCUT2D eigenvalue weighted by Gasteiger charge is -2.16. The van der Waals surface area contributed by atoms with Gasteiger partial charge in [-0.1, -0.05) is 27.7 Å². The average Bonchev–Trinajstić information content (AvgIpc) is 2.20. The second-order valence-corrected chi connectivity index (χ2v) is 5.39. The fourth-order valence-corrected chi connectivity index (χ4v) is 1.75. The van der Waals surface area contributed by atoms with Gasteiger partial charge in [-0.2, -0.15) is 0 Å². The summed E-state index contributed by atoms with van der Waals surface area (Å²) in [6.45, 7) is 9.87. The zero-order valence-corrected chi connectivity index (χ0v) is 11.3. The fourth-order valence-electron chi connectivity index (χ4n) is 1.75. The van der Waals surface area contributed by atoms with Crippen LogP contribution in [0.25, 0.3) is 0 Å². The molecule has 0 saturated carbocycles. The van der Waals surface area contributed by atoms with E-state index in [1.807, 2.05) is 0 Å². The quantitative estimate of drug-likeness (QED) is 0.626. The fraction of sp³-hybridized carbons (Fsp3) is 0.923. The summed E-state index contributed by atoms with van der Waals surface area (Å²) in [6, 6.07) is 0. The monoisotopic (exact) mass is 228 g/mol. The van der Waals surface area contributed by atoms with Crippen LogP contribution < -0.4 is 11.1 Å². The van der Waals surface area contributed by atoms with Gasteiger partial charge in [0.1, 0.15) is 0 Å². The van der Waals surface area contributed by atoms with Gasteiger partial charge in [0.15, 0.2) is 0 Å². The Morgan fingerprint density at radius 1 is 1.19 bits per heavy atom. The first-order valence-electron chi connectivity index (χ1n) is 6.45. The number of amides is 1. The molecular formula is C13H28N2O. The summed E-state index contributed by atoms with van der Waals surface area (Å²) in [7, 11) is 0. The SMILES string of the molecule is CC(C)CCCNC(=O)C(CN)CC(C)C. The molecule has 0 saturated heterocycles. The Morgan fingerprint density at radius 3 is 2.25 bits per heavy atom. The standard InChI is InChI=1S/C13H28N2O/c1-10(2)6-5-7-15-13(16)12(9-14)8-11(3)4/h10-12H,5-9,14H2,1-4H3,(H,15,16). The van der Waals surface area contributed by atoms with Gasteiger partial charge in [0.2, 0.25) is 5.91 Å². The van der Waals surface area contributed by atoms with E-state index in [0.29, 0.717) is 18.4 Å². The lowest BCUT2D eigenvalue weighted by molar-refractivity contribution is -0.125. The van der Waals surface area contributed by atoms with E-state index in [1.54, 1.807) is 0 Å². The van der Waals surface area contributed by atoms with E-state index in [2.05, 4.69) is 33.0 Å². The molecule has 1 unspecified atom stereocenters. The average molecular weight is 228 g/mol. The van der Waals surface area contributed by atoms with Crippen molar-refractivity contribution in [2.45, 2.75) is 47.0 Å². The first-order chi connectivity index (χ1) is 7.47. The number of nitrogens with one attached hydrogen (secondary N) is 1. The molecule has 96 valence electrons. The third-order valence-corrected chi connectivity index (χ3v) is 2.67. The minimum absolute atomic E-state index is 0.0148. The van der Waals surface area contributed by atoms with Gasteiger partial charge in [-0.3, -0.25) is 4.79 Å². The van der Waals surface area contributed by atoms with E-state index in [4.69, 9.17) is 5.73 Å². The van der Waals surface area contributed by atoms with Crippen molar-refractivity contribution >= 4 is 5.91 Å². The van der Waals surface area contributed by atoms with Gasteiger partial charge in [0.05, 0.1) is 5.92 Å². The smallest absolute Gasteiger partial charge is 0.224 e. The minimum Gasteiger partial charge on any atom is -0.356 e. The second-order valence-electron chi connectivity index (χ2n) is 5.39. The predicted octanol–water partition coefficient (Wildman–Crippen LogP) is 2.16. The highest BCUT2D eigenvalue weighted by atomic mass is 16.1. The zero-order chi connectivity index (χ0) is 12.6. The summed E-state index contributed by atoms with van der Waals surface area (Å²) in [5.74, 6) is 1.34. The van der Waals surface area contributed by atoms with Gasteiger partial charge in [0.25, 0.3) is 0 Å². The molecule has 0 aliphatic rings. The van der Waals surface area contributed by atoms with Gasteiger partial charge in [-0.25, -0.2) is 0 Å². The summed E-state index contributed by atoms with van der Waals surface area (Å²) in [6.07, 6.45) is 3.10. The molecule has 0 aromatic carbocycles. The molecule has 0 heterocycles. The molecule has 0 aromatic heterocycles. The summed E-state index contributed by atoms with van der Waals surface area (Å²) in [5.41, 5.74) is 5.61. The lowest BCUT2D eigenvalue weighted by Crippen LogP contribution is -2.36. The largest absolute Gasteiger partial charge is 0.356 e. The van der Waals surface area contributed by atoms with E-state index in [0.717, 1.165) is 25.8 Å². The van der Waals surface area contributed by atoms with E-state index < -0.39 is 0 Å². The molecule has 3 N–H and O–H groups in total. The Bertz CT molecular complexity index is 190. The van der Waals surface area contributed by atoms with Crippen LogP contribution in [0.15, 0.2) is 0 Å². The van der Waals surface area contributed by atoms with E-state index in [9.17, 15) is 4.79 Å². The lowest BCUT2D eigenvalue weighted by atomic mass is 9.96.